The monoisotopic (exact) mass is 242 g/mol. The summed E-state index contributed by atoms with van der Waals surface area (Å²) in [4.78, 5) is 2.20. The third kappa shape index (κ3) is 4.00. The van der Waals surface area contributed by atoms with Crippen molar-refractivity contribution in [3.05, 3.63) is 28.8 Å². The molecule has 0 fully saturated rings. The van der Waals surface area contributed by atoms with Gasteiger partial charge in [-0.2, -0.15) is 0 Å². The Kier molecular flexibility index (Phi) is 5.60. The molecule has 4 heteroatoms. The van der Waals surface area contributed by atoms with E-state index in [1.54, 1.807) is 0 Å². The van der Waals surface area contributed by atoms with Gasteiger partial charge in [0.05, 0.1) is 17.3 Å². The van der Waals surface area contributed by atoms with Crippen LogP contribution in [0.5, 0.6) is 0 Å². The molecule has 0 bridgehead atoms. The van der Waals surface area contributed by atoms with Crippen LogP contribution in [0.25, 0.3) is 0 Å². The number of aliphatic hydroxyl groups excluding tert-OH is 1. The van der Waals surface area contributed by atoms with Gasteiger partial charge in [-0.25, -0.2) is 0 Å². The second kappa shape index (κ2) is 6.74. The molecule has 0 aliphatic carbocycles. The van der Waals surface area contributed by atoms with E-state index >= 15 is 0 Å². The summed E-state index contributed by atoms with van der Waals surface area (Å²) in [6, 6.07) is 5.68. The number of anilines is 1. The number of halogens is 1. The highest BCUT2D eigenvalue weighted by atomic mass is 35.5. The van der Waals surface area contributed by atoms with Crippen molar-refractivity contribution in [3.8, 4) is 0 Å². The van der Waals surface area contributed by atoms with E-state index in [4.69, 9.17) is 22.4 Å². The zero-order chi connectivity index (χ0) is 12.0. The second-order valence-electron chi connectivity index (χ2n) is 3.86. The molecule has 0 saturated heterocycles. The maximum absolute atomic E-state index is 8.95. The molecule has 0 aromatic heterocycles. The van der Waals surface area contributed by atoms with Crippen molar-refractivity contribution in [1.29, 1.82) is 0 Å². The number of nitrogens with zero attached hydrogens (tertiary/aromatic N) is 1. The van der Waals surface area contributed by atoms with E-state index in [1.165, 1.54) is 0 Å². The molecular formula is C12H19ClN2O. The lowest BCUT2D eigenvalue weighted by atomic mass is 10.2. The minimum absolute atomic E-state index is 0.184. The first-order chi connectivity index (χ1) is 7.67. The lowest BCUT2D eigenvalue weighted by Gasteiger charge is -2.20. The number of nitrogen functional groups attached to an aromatic ring is 1. The maximum Gasteiger partial charge on any atom is 0.0635 e. The summed E-state index contributed by atoms with van der Waals surface area (Å²) in [5.74, 6) is 0. The van der Waals surface area contributed by atoms with Crippen molar-refractivity contribution >= 4 is 17.3 Å². The van der Waals surface area contributed by atoms with Gasteiger partial charge >= 0.3 is 0 Å². The van der Waals surface area contributed by atoms with Gasteiger partial charge in [0.15, 0.2) is 0 Å². The predicted molar refractivity (Wildman–Crippen MR) is 68.5 cm³/mol. The molecule has 0 amide bonds. The third-order valence-electron chi connectivity index (χ3n) is 2.42. The van der Waals surface area contributed by atoms with Crippen molar-refractivity contribution < 1.29 is 5.11 Å². The number of nitrogens with two attached hydrogens (primary N) is 1. The fourth-order valence-electron chi connectivity index (χ4n) is 1.68. The molecule has 1 aromatic carbocycles. The van der Waals surface area contributed by atoms with Gasteiger partial charge in [0.2, 0.25) is 0 Å². The van der Waals surface area contributed by atoms with Gasteiger partial charge in [0.25, 0.3) is 0 Å². The largest absolute Gasteiger partial charge is 0.398 e. The molecule has 0 heterocycles. The second-order valence-corrected chi connectivity index (χ2v) is 4.26. The smallest absolute Gasteiger partial charge is 0.0635 e. The van der Waals surface area contributed by atoms with E-state index in [2.05, 4.69) is 11.8 Å². The zero-order valence-electron chi connectivity index (χ0n) is 9.62. The van der Waals surface area contributed by atoms with Gasteiger partial charge in [0.1, 0.15) is 0 Å². The summed E-state index contributed by atoms with van der Waals surface area (Å²) in [6.45, 7) is 4.78. The molecule has 1 rings (SSSR count). The van der Waals surface area contributed by atoms with Gasteiger partial charge in [-0.3, -0.25) is 4.90 Å². The van der Waals surface area contributed by atoms with E-state index in [1.807, 2.05) is 18.2 Å². The van der Waals surface area contributed by atoms with Crippen molar-refractivity contribution in [2.24, 2.45) is 0 Å². The van der Waals surface area contributed by atoms with Crippen LogP contribution >= 0.6 is 11.6 Å². The Bertz CT molecular complexity index is 325. The summed E-state index contributed by atoms with van der Waals surface area (Å²) in [6.07, 6.45) is 1.07. The van der Waals surface area contributed by atoms with Crippen molar-refractivity contribution in [2.75, 3.05) is 25.4 Å². The number of aliphatic hydroxyl groups is 1. The van der Waals surface area contributed by atoms with E-state index < -0.39 is 0 Å². The predicted octanol–water partition coefficient (Wildman–Crippen LogP) is 2.13. The highest BCUT2D eigenvalue weighted by Crippen LogP contribution is 2.20. The molecule has 90 valence electrons. The molecule has 3 nitrogen and oxygen atoms in total. The van der Waals surface area contributed by atoms with E-state index in [-0.39, 0.29) is 6.61 Å². The van der Waals surface area contributed by atoms with Gasteiger partial charge in [-0.15, -0.1) is 0 Å². The fourth-order valence-corrected chi connectivity index (χ4v) is 1.79. The van der Waals surface area contributed by atoms with Crippen molar-refractivity contribution in [1.82, 2.24) is 4.90 Å². The molecule has 0 atom stereocenters. The Morgan fingerprint density at radius 3 is 2.69 bits per heavy atom. The Balaban J connectivity index is 2.65. The Morgan fingerprint density at radius 1 is 1.38 bits per heavy atom. The topological polar surface area (TPSA) is 49.5 Å². The first-order valence-corrected chi connectivity index (χ1v) is 5.92. The number of rotatable bonds is 6. The molecule has 16 heavy (non-hydrogen) atoms. The van der Waals surface area contributed by atoms with Gasteiger partial charge in [-0.1, -0.05) is 24.6 Å². The third-order valence-corrected chi connectivity index (χ3v) is 2.77. The van der Waals surface area contributed by atoms with Crippen LogP contribution in [0.15, 0.2) is 18.2 Å². The van der Waals surface area contributed by atoms with E-state index in [9.17, 15) is 0 Å². The van der Waals surface area contributed by atoms with Crippen LogP contribution in [0.4, 0.5) is 5.69 Å². The van der Waals surface area contributed by atoms with Crippen LogP contribution in [0, 0.1) is 0 Å². The maximum atomic E-state index is 8.95. The molecule has 0 aliphatic rings. The minimum Gasteiger partial charge on any atom is -0.398 e. The first kappa shape index (κ1) is 13.3. The summed E-state index contributed by atoms with van der Waals surface area (Å²) in [5, 5.41) is 9.54. The highest BCUT2D eigenvalue weighted by Gasteiger charge is 2.05. The standard InChI is InChI=1S/C12H19ClN2O/c1-2-5-15(6-7-16)9-10-3-4-11(13)12(14)8-10/h3-4,8,16H,2,5-7,9,14H2,1H3. The molecule has 0 radical (unpaired) electrons. The lowest BCUT2D eigenvalue weighted by Crippen LogP contribution is -2.27. The summed E-state index contributed by atoms with van der Waals surface area (Å²) < 4.78 is 0. The number of hydrogen-bond acceptors (Lipinski definition) is 3. The molecule has 0 aliphatic heterocycles. The zero-order valence-corrected chi connectivity index (χ0v) is 10.4. The number of hydrogen-bond donors (Lipinski definition) is 2. The van der Waals surface area contributed by atoms with Crippen LogP contribution in [0.1, 0.15) is 18.9 Å². The summed E-state index contributed by atoms with van der Waals surface area (Å²) >= 11 is 5.86. The SMILES string of the molecule is CCCN(CCO)Cc1ccc(Cl)c(N)c1. The van der Waals surface area contributed by atoms with Crippen molar-refractivity contribution in [3.63, 3.8) is 0 Å². The minimum atomic E-state index is 0.184. The Labute approximate surface area is 102 Å². The molecule has 0 spiro atoms. The van der Waals surface area contributed by atoms with E-state index in [0.717, 1.165) is 25.1 Å². The van der Waals surface area contributed by atoms with Crippen LogP contribution in [-0.2, 0) is 6.54 Å². The van der Waals surface area contributed by atoms with Crippen molar-refractivity contribution in [2.45, 2.75) is 19.9 Å². The first-order valence-electron chi connectivity index (χ1n) is 5.54. The highest BCUT2D eigenvalue weighted by molar-refractivity contribution is 6.33. The molecular weight excluding hydrogens is 224 g/mol. The number of benzene rings is 1. The van der Waals surface area contributed by atoms with Gasteiger partial charge in [-0.05, 0) is 30.7 Å². The van der Waals surface area contributed by atoms with Crippen LogP contribution in [0.2, 0.25) is 5.02 Å². The summed E-state index contributed by atoms with van der Waals surface area (Å²) in [7, 11) is 0. The average molecular weight is 243 g/mol. The van der Waals surface area contributed by atoms with Gasteiger partial charge < -0.3 is 10.8 Å². The summed E-state index contributed by atoms with van der Waals surface area (Å²) in [5.41, 5.74) is 7.48. The normalized spacial score (nSPS) is 11.0. The Morgan fingerprint density at radius 2 is 2.12 bits per heavy atom. The quantitative estimate of drug-likeness (QED) is 0.752. The van der Waals surface area contributed by atoms with Gasteiger partial charge in [0, 0.05) is 13.1 Å². The average Bonchev–Trinajstić information content (AvgIpc) is 2.24. The Hall–Kier alpha value is -0.770. The molecule has 0 saturated carbocycles. The fraction of sp³-hybridized carbons (Fsp3) is 0.500. The van der Waals surface area contributed by atoms with E-state index in [0.29, 0.717) is 17.3 Å². The molecule has 1 aromatic rings. The van der Waals surface area contributed by atoms with Crippen LogP contribution in [-0.4, -0.2) is 29.7 Å². The van der Waals surface area contributed by atoms with Crippen LogP contribution in [0.3, 0.4) is 0 Å². The molecule has 0 unspecified atom stereocenters. The molecule has 3 N–H and O–H groups in total. The lowest BCUT2D eigenvalue weighted by molar-refractivity contribution is 0.190. The van der Waals surface area contributed by atoms with Crippen LogP contribution < -0.4 is 5.73 Å².